The molecule has 24 valence electrons. The van der Waals surface area contributed by atoms with Crippen LogP contribution in [0.2, 0.25) is 0 Å². The van der Waals surface area contributed by atoms with Crippen molar-refractivity contribution in [1.29, 1.82) is 5.26 Å². The first-order chi connectivity index (χ1) is 1.00. The van der Waals surface area contributed by atoms with E-state index >= 15 is 0 Å². The summed E-state index contributed by atoms with van der Waals surface area (Å²) >= 11 is 0. The van der Waals surface area contributed by atoms with E-state index in [0.717, 1.165) is 0 Å². The molecule has 0 heterocycles. The molecule has 0 aliphatic rings. The average molecular weight is 155 g/mol. The molecule has 0 aliphatic carbocycles. The van der Waals surface area contributed by atoms with Gasteiger partial charge in [-0.05, 0) is 0 Å². The van der Waals surface area contributed by atoms with Gasteiger partial charge in [-0.2, -0.15) is 0 Å². The van der Waals surface area contributed by atoms with Gasteiger partial charge in [0, 0.05) is 17.1 Å². The van der Waals surface area contributed by atoms with Crippen molar-refractivity contribution < 1.29 is 17.1 Å². The van der Waals surface area contributed by atoms with Gasteiger partial charge in [-0.15, -0.1) is 0 Å². The Morgan fingerprint density at radius 2 is 1.25 bits per heavy atom. The molecule has 0 atom stereocenters. The van der Waals surface area contributed by atoms with Crippen molar-refractivity contribution >= 4 is 19.8 Å². The van der Waals surface area contributed by atoms with Crippen molar-refractivity contribution in [2.75, 3.05) is 0 Å². The van der Waals surface area contributed by atoms with Crippen LogP contribution in [-0.4, -0.2) is 19.8 Å². The minimum absolute atomic E-state index is 0. The van der Waals surface area contributed by atoms with Crippen molar-refractivity contribution in [2.45, 2.75) is 0 Å². The van der Waals surface area contributed by atoms with Crippen LogP contribution in [0.4, 0.5) is 0 Å². The van der Waals surface area contributed by atoms with E-state index < -0.39 is 0 Å². The number of nitrogens with zero attached hydrogens (tertiary/aromatic N) is 1. The SMILES string of the molecule is [C-]#N.[Fe].[GaH3]. The van der Waals surface area contributed by atoms with Crippen LogP contribution in [0, 0.1) is 11.8 Å². The molecule has 0 aromatic rings. The van der Waals surface area contributed by atoms with Crippen molar-refractivity contribution in [3.8, 4) is 0 Å². The standard InChI is InChI=1S/CN.Fe.Ga.3H/c1-2;;;;;/q-1;;;;;. The number of hydrogen-bond donors (Lipinski definition) is 0. The second-order valence-corrected chi connectivity index (χ2v) is 0. The van der Waals surface area contributed by atoms with Crippen LogP contribution >= 0.6 is 0 Å². The van der Waals surface area contributed by atoms with Crippen LogP contribution < -0.4 is 0 Å². The molecule has 0 aromatic heterocycles. The molecule has 0 N–H and O–H groups in total. The van der Waals surface area contributed by atoms with Gasteiger partial charge >= 0.3 is 19.8 Å². The van der Waals surface area contributed by atoms with Crippen LogP contribution in [0.1, 0.15) is 0 Å². The summed E-state index contributed by atoms with van der Waals surface area (Å²) in [5, 5.41) is 6.25. The van der Waals surface area contributed by atoms with E-state index in [4.69, 9.17) is 11.8 Å². The molecule has 1 nitrogen and oxygen atoms in total. The molecular formula is CH3FeGaN-. The molecule has 0 aliphatic heterocycles. The van der Waals surface area contributed by atoms with Crippen LogP contribution in [-0.2, 0) is 17.1 Å². The topological polar surface area (TPSA) is 23.8 Å². The van der Waals surface area contributed by atoms with E-state index in [-0.39, 0.29) is 36.9 Å². The summed E-state index contributed by atoms with van der Waals surface area (Å²) in [6.45, 7) is 4.75. The second kappa shape index (κ2) is 61.2. The maximum atomic E-state index is 6.25. The molecule has 0 aromatic carbocycles. The van der Waals surface area contributed by atoms with Gasteiger partial charge in [0.15, 0.2) is 0 Å². The molecule has 0 fully saturated rings. The monoisotopic (exact) mass is 154 g/mol. The van der Waals surface area contributed by atoms with E-state index in [0.29, 0.717) is 0 Å². The predicted octanol–water partition coefficient (Wildman–Crippen LogP) is -1.09. The van der Waals surface area contributed by atoms with Gasteiger partial charge in [-0.25, -0.2) is 0 Å². The summed E-state index contributed by atoms with van der Waals surface area (Å²) in [7, 11) is 0. The third-order valence-electron chi connectivity index (χ3n) is 0. The van der Waals surface area contributed by atoms with Crippen molar-refractivity contribution in [3.05, 3.63) is 6.57 Å². The van der Waals surface area contributed by atoms with Gasteiger partial charge in [-0.1, -0.05) is 0 Å². The molecule has 0 unspecified atom stereocenters. The molecule has 0 rings (SSSR count). The quantitative estimate of drug-likeness (QED) is 0.321. The summed E-state index contributed by atoms with van der Waals surface area (Å²) in [6.07, 6.45) is 0. The van der Waals surface area contributed by atoms with Gasteiger partial charge in [0.05, 0.1) is 0 Å². The summed E-state index contributed by atoms with van der Waals surface area (Å²) in [6, 6.07) is 0. The average Bonchev–Trinajstić information content (AvgIpc) is 1.00. The van der Waals surface area contributed by atoms with E-state index in [1.165, 1.54) is 0 Å². The van der Waals surface area contributed by atoms with E-state index in [2.05, 4.69) is 0 Å². The van der Waals surface area contributed by atoms with Gasteiger partial charge in [-0.3, -0.25) is 0 Å². The van der Waals surface area contributed by atoms with E-state index in [1.54, 1.807) is 0 Å². The van der Waals surface area contributed by atoms with Crippen LogP contribution in [0.5, 0.6) is 0 Å². The van der Waals surface area contributed by atoms with Crippen LogP contribution in [0.3, 0.4) is 0 Å². The predicted molar refractivity (Wildman–Crippen MR) is 14.9 cm³/mol. The summed E-state index contributed by atoms with van der Waals surface area (Å²) in [4.78, 5) is 0. The molecule has 0 spiro atoms. The molecule has 0 saturated heterocycles. The minimum atomic E-state index is 0. The van der Waals surface area contributed by atoms with E-state index in [9.17, 15) is 0 Å². The molecule has 0 radical (unpaired) electrons. The Morgan fingerprint density at radius 3 is 1.25 bits per heavy atom. The Morgan fingerprint density at radius 1 is 1.25 bits per heavy atom. The first kappa shape index (κ1) is 22.8. The second-order valence-electron chi connectivity index (χ2n) is 0. The molecular weight excluding hydrogens is 152 g/mol. The zero-order chi connectivity index (χ0) is 2.00. The molecule has 4 heavy (non-hydrogen) atoms. The fourth-order valence-electron chi connectivity index (χ4n) is 0. The van der Waals surface area contributed by atoms with Crippen molar-refractivity contribution in [1.82, 2.24) is 0 Å². The fraction of sp³-hybridized carbons (Fsp3) is 0. The summed E-state index contributed by atoms with van der Waals surface area (Å²) in [5.74, 6) is 0. The Labute approximate surface area is 48.9 Å². The van der Waals surface area contributed by atoms with E-state index in [1.807, 2.05) is 0 Å². The van der Waals surface area contributed by atoms with Crippen LogP contribution in [0.15, 0.2) is 0 Å². The number of rotatable bonds is 0. The Bertz CT molecular complexity index is 12.8. The van der Waals surface area contributed by atoms with Gasteiger partial charge < -0.3 is 11.8 Å². The van der Waals surface area contributed by atoms with Gasteiger partial charge in [0.1, 0.15) is 0 Å². The Balaban J connectivity index is -0.00000000500. The Kier molecular flexibility index (Phi) is 349. The zero-order valence-electron chi connectivity index (χ0n) is 1.30. The van der Waals surface area contributed by atoms with Crippen molar-refractivity contribution in [3.63, 3.8) is 0 Å². The first-order valence-electron chi connectivity index (χ1n) is 0.224. The molecule has 0 bridgehead atoms. The van der Waals surface area contributed by atoms with Crippen LogP contribution in [0.25, 0.3) is 0 Å². The Hall–Kier alpha value is 0.646. The molecule has 3 heteroatoms. The molecule has 0 saturated carbocycles. The first-order valence-corrected chi connectivity index (χ1v) is 0.224. The normalized spacial score (nSPS) is 0.500. The third kappa shape index (κ3) is 17.2. The van der Waals surface area contributed by atoms with Gasteiger partial charge in [0.25, 0.3) is 0 Å². The number of hydrogen-bond acceptors (Lipinski definition) is 1. The fourth-order valence-corrected chi connectivity index (χ4v) is 0. The summed E-state index contributed by atoms with van der Waals surface area (Å²) in [5.41, 5.74) is 0. The molecule has 0 amide bonds. The van der Waals surface area contributed by atoms with Gasteiger partial charge in [0.2, 0.25) is 0 Å². The summed E-state index contributed by atoms with van der Waals surface area (Å²) < 4.78 is 0. The zero-order valence-corrected chi connectivity index (χ0v) is 2.40. The maximum absolute atomic E-state index is 6.25. The van der Waals surface area contributed by atoms with Crippen molar-refractivity contribution in [2.24, 2.45) is 0 Å². The third-order valence-corrected chi connectivity index (χ3v) is 0.